The van der Waals surface area contributed by atoms with E-state index in [2.05, 4.69) is 0 Å². The number of amides is 1. The number of halogens is 3. The van der Waals surface area contributed by atoms with Crippen LogP contribution < -0.4 is 0 Å². The SMILES string of the molecule is CC(C)(c1ccccc1)N1CCC(Cc2ccccc2C(F)(F)F)C1=O. The van der Waals surface area contributed by atoms with Gasteiger partial charge in [0.25, 0.3) is 0 Å². The summed E-state index contributed by atoms with van der Waals surface area (Å²) in [6.45, 7) is 4.51. The second-order valence-corrected chi connectivity index (χ2v) is 7.26. The molecule has 0 aliphatic carbocycles. The van der Waals surface area contributed by atoms with Crippen LogP contribution in [-0.2, 0) is 22.9 Å². The Bertz CT molecular complexity index is 783. The molecule has 138 valence electrons. The number of rotatable bonds is 4. The summed E-state index contributed by atoms with van der Waals surface area (Å²) in [5.41, 5.74) is 0.0763. The van der Waals surface area contributed by atoms with E-state index in [1.54, 1.807) is 11.0 Å². The summed E-state index contributed by atoms with van der Waals surface area (Å²) in [6.07, 6.45) is -3.71. The maximum absolute atomic E-state index is 13.2. The molecule has 2 aromatic carbocycles. The van der Waals surface area contributed by atoms with E-state index in [1.807, 2.05) is 44.2 Å². The molecule has 0 spiro atoms. The Kier molecular flexibility index (Phi) is 4.82. The first-order valence-corrected chi connectivity index (χ1v) is 8.73. The smallest absolute Gasteiger partial charge is 0.333 e. The standard InChI is InChI=1S/C21H22F3NO/c1-20(2,17-9-4-3-5-10-17)25-13-12-16(19(25)26)14-15-8-6-7-11-18(15)21(22,23)24/h3-11,16H,12-14H2,1-2H3. The van der Waals surface area contributed by atoms with Crippen LogP contribution >= 0.6 is 0 Å². The predicted octanol–water partition coefficient (Wildman–Crippen LogP) is 5.03. The van der Waals surface area contributed by atoms with Crippen molar-refractivity contribution >= 4 is 5.91 Å². The summed E-state index contributed by atoms with van der Waals surface area (Å²) in [5, 5.41) is 0. The van der Waals surface area contributed by atoms with Crippen molar-refractivity contribution in [3.05, 3.63) is 71.3 Å². The number of hydrogen-bond acceptors (Lipinski definition) is 1. The van der Waals surface area contributed by atoms with E-state index >= 15 is 0 Å². The van der Waals surface area contributed by atoms with E-state index in [1.165, 1.54) is 12.1 Å². The molecule has 1 atom stereocenters. The quantitative estimate of drug-likeness (QED) is 0.748. The summed E-state index contributed by atoms with van der Waals surface area (Å²) in [5.74, 6) is -0.489. The molecule has 0 radical (unpaired) electrons. The topological polar surface area (TPSA) is 20.3 Å². The number of alkyl halides is 3. The van der Waals surface area contributed by atoms with E-state index in [0.29, 0.717) is 13.0 Å². The molecule has 1 fully saturated rings. The zero-order chi connectivity index (χ0) is 18.9. The van der Waals surface area contributed by atoms with Crippen molar-refractivity contribution in [3.63, 3.8) is 0 Å². The van der Waals surface area contributed by atoms with Crippen molar-refractivity contribution in [2.75, 3.05) is 6.54 Å². The fourth-order valence-electron chi connectivity index (χ4n) is 3.73. The first-order chi connectivity index (χ1) is 12.2. The van der Waals surface area contributed by atoms with Crippen LogP contribution in [-0.4, -0.2) is 17.4 Å². The number of likely N-dealkylation sites (tertiary alicyclic amines) is 1. The van der Waals surface area contributed by atoms with E-state index in [4.69, 9.17) is 0 Å². The lowest BCUT2D eigenvalue weighted by molar-refractivity contribution is -0.139. The molecule has 1 heterocycles. The second kappa shape index (κ2) is 6.78. The molecule has 5 heteroatoms. The van der Waals surface area contributed by atoms with Crippen LogP contribution in [0.2, 0.25) is 0 Å². The predicted molar refractivity (Wildman–Crippen MR) is 94.4 cm³/mol. The molecule has 0 aromatic heterocycles. The number of nitrogens with zero attached hydrogens (tertiary/aromatic N) is 1. The molecule has 26 heavy (non-hydrogen) atoms. The molecule has 1 aliphatic heterocycles. The van der Waals surface area contributed by atoms with Gasteiger partial charge in [0.15, 0.2) is 0 Å². The Balaban J connectivity index is 1.81. The molecular formula is C21H22F3NO. The third-order valence-electron chi connectivity index (χ3n) is 5.26. The van der Waals surface area contributed by atoms with Gasteiger partial charge in [-0.15, -0.1) is 0 Å². The average Bonchev–Trinajstić information content (AvgIpc) is 2.97. The van der Waals surface area contributed by atoms with Crippen molar-refractivity contribution in [2.24, 2.45) is 5.92 Å². The van der Waals surface area contributed by atoms with E-state index < -0.39 is 23.2 Å². The molecule has 1 amide bonds. The van der Waals surface area contributed by atoms with Gasteiger partial charge in [0.05, 0.1) is 11.1 Å². The van der Waals surface area contributed by atoms with Crippen LogP contribution in [0.4, 0.5) is 13.2 Å². The highest BCUT2D eigenvalue weighted by atomic mass is 19.4. The largest absolute Gasteiger partial charge is 0.416 e. The Morgan fingerprint density at radius 3 is 2.27 bits per heavy atom. The summed E-state index contributed by atoms with van der Waals surface area (Å²) in [7, 11) is 0. The van der Waals surface area contributed by atoms with Gasteiger partial charge >= 0.3 is 6.18 Å². The fraction of sp³-hybridized carbons (Fsp3) is 0.381. The molecule has 3 rings (SSSR count). The lowest BCUT2D eigenvalue weighted by atomic mass is 9.91. The molecule has 1 unspecified atom stereocenters. The Morgan fingerprint density at radius 1 is 1.00 bits per heavy atom. The fourth-order valence-corrected chi connectivity index (χ4v) is 3.73. The van der Waals surface area contributed by atoms with E-state index in [-0.39, 0.29) is 17.9 Å². The highest BCUT2D eigenvalue weighted by molar-refractivity contribution is 5.82. The average molecular weight is 361 g/mol. The minimum absolute atomic E-state index is 0.0733. The highest BCUT2D eigenvalue weighted by Gasteiger charge is 2.42. The van der Waals surface area contributed by atoms with Gasteiger partial charge in [0, 0.05) is 12.5 Å². The normalized spacial score (nSPS) is 18.4. The summed E-state index contributed by atoms with van der Waals surface area (Å²) in [6, 6.07) is 15.2. The Hall–Kier alpha value is -2.30. The van der Waals surface area contributed by atoms with Gasteiger partial charge in [0.1, 0.15) is 0 Å². The lowest BCUT2D eigenvalue weighted by Crippen LogP contribution is -2.43. The number of hydrogen-bond donors (Lipinski definition) is 0. The van der Waals surface area contributed by atoms with Crippen LogP contribution in [0.1, 0.15) is 37.0 Å². The van der Waals surface area contributed by atoms with Gasteiger partial charge in [-0.05, 0) is 43.9 Å². The van der Waals surface area contributed by atoms with Gasteiger partial charge < -0.3 is 4.90 Å². The van der Waals surface area contributed by atoms with Crippen molar-refractivity contribution in [1.29, 1.82) is 0 Å². The van der Waals surface area contributed by atoms with Crippen LogP contribution in [0.25, 0.3) is 0 Å². The Morgan fingerprint density at radius 2 is 1.62 bits per heavy atom. The van der Waals surface area contributed by atoms with Gasteiger partial charge in [-0.2, -0.15) is 13.2 Å². The van der Waals surface area contributed by atoms with E-state index in [0.717, 1.165) is 11.6 Å². The van der Waals surface area contributed by atoms with Crippen molar-refractivity contribution in [2.45, 2.75) is 38.4 Å². The zero-order valence-corrected chi connectivity index (χ0v) is 14.9. The molecule has 0 N–H and O–H groups in total. The first-order valence-electron chi connectivity index (χ1n) is 8.73. The molecule has 1 saturated heterocycles. The van der Waals surface area contributed by atoms with Crippen LogP contribution in [0, 0.1) is 5.92 Å². The van der Waals surface area contributed by atoms with Crippen LogP contribution in [0.3, 0.4) is 0 Å². The van der Waals surface area contributed by atoms with Crippen LogP contribution in [0.5, 0.6) is 0 Å². The summed E-state index contributed by atoms with van der Waals surface area (Å²) >= 11 is 0. The number of carbonyl (C=O) groups is 1. The molecule has 2 aromatic rings. The van der Waals surface area contributed by atoms with Crippen molar-refractivity contribution in [3.8, 4) is 0 Å². The summed E-state index contributed by atoms with van der Waals surface area (Å²) < 4.78 is 39.6. The monoisotopic (exact) mass is 361 g/mol. The number of benzene rings is 2. The van der Waals surface area contributed by atoms with Gasteiger partial charge in [-0.25, -0.2) is 0 Å². The highest BCUT2D eigenvalue weighted by Crippen LogP contribution is 2.37. The third kappa shape index (κ3) is 3.48. The number of carbonyl (C=O) groups excluding carboxylic acids is 1. The van der Waals surface area contributed by atoms with Crippen LogP contribution in [0.15, 0.2) is 54.6 Å². The van der Waals surface area contributed by atoms with E-state index in [9.17, 15) is 18.0 Å². The molecule has 2 nitrogen and oxygen atoms in total. The first kappa shape index (κ1) is 18.5. The molecule has 0 saturated carbocycles. The summed E-state index contributed by atoms with van der Waals surface area (Å²) in [4.78, 5) is 14.7. The third-order valence-corrected chi connectivity index (χ3v) is 5.26. The van der Waals surface area contributed by atoms with Gasteiger partial charge in [0.2, 0.25) is 5.91 Å². The molecule has 0 bridgehead atoms. The minimum Gasteiger partial charge on any atom is -0.333 e. The van der Waals surface area contributed by atoms with Gasteiger partial charge in [-0.3, -0.25) is 4.79 Å². The molecular weight excluding hydrogens is 339 g/mol. The van der Waals surface area contributed by atoms with Gasteiger partial charge in [-0.1, -0.05) is 48.5 Å². The molecule has 1 aliphatic rings. The van der Waals surface area contributed by atoms with Crippen molar-refractivity contribution in [1.82, 2.24) is 4.90 Å². The maximum atomic E-state index is 13.2. The zero-order valence-electron chi connectivity index (χ0n) is 14.9. The Labute approximate surface area is 151 Å². The lowest BCUT2D eigenvalue weighted by Gasteiger charge is -2.36. The van der Waals surface area contributed by atoms with Crippen molar-refractivity contribution < 1.29 is 18.0 Å². The maximum Gasteiger partial charge on any atom is 0.416 e. The second-order valence-electron chi connectivity index (χ2n) is 7.26. The minimum atomic E-state index is -4.40.